The second kappa shape index (κ2) is 9.42. The number of nitrogens with one attached hydrogen (secondary N) is 1. The van der Waals surface area contributed by atoms with E-state index >= 15 is 0 Å². The minimum absolute atomic E-state index is 0.256. The van der Waals surface area contributed by atoms with Gasteiger partial charge in [0.25, 0.3) is 0 Å². The molecule has 1 atom stereocenters. The molecule has 146 valence electrons. The lowest BCUT2D eigenvalue weighted by molar-refractivity contribution is 0.177. The van der Waals surface area contributed by atoms with E-state index in [9.17, 15) is 18.0 Å². The van der Waals surface area contributed by atoms with Gasteiger partial charge in [-0.15, -0.1) is 0 Å². The quantitative estimate of drug-likeness (QED) is 0.622. The summed E-state index contributed by atoms with van der Waals surface area (Å²) in [6.45, 7) is 0.257. The number of benzene rings is 2. The van der Waals surface area contributed by atoms with Gasteiger partial charge in [-0.05, 0) is 48.4 Å². The van der Waals surface area contributed by atoms with Crippen LogP contribution in [0.2, 0.25) is 0 Å². The first kappa shape index (κ1) is 20.0. The van der Waals surface area contributed by atoms with Crippen LogP contribution in [-0.4, -0.2) is 17.7 Å². The third-order valence-corrected chi connectivity index (χ3v) is 3.75. The smallest absolute Gasteiger partial charge is 0.407 e. The average Bonchev–Trinajstić information content (AvgIpc) is 3.14. The largest absolute Gasteiger partial charge is 0.447 e. The van der Waals surface area contributed by atoms with Gasteiger partial charge in [-0.25, -0.2) is 22.9 Å². The Labute approximate surface area is 165 Å². The monoisotopic (exact) mass is 396 g/mol. The first-order valence-electron chi connectivity index (χ1n) is 8.58. The van der Waals surface area contributed by atoms with Crippen molar-refractivity contribution < 1.29 is 22.7 Å². The van der Waals surface area contributed by atoms with Crippen LogP contribution in [0.4, 0.5) is 18.0 Å². The van der Waals surface area contributed by atoms with Gasteiger partial charge in [-0.1, -0.05) is 24.1 Å². The lowest BCUT2D eigenvalue weighted by Gasteiger charge is -2.06. The van der Waals surface area contributed by atoms with Gasteiger partial charge in [0.1, 0.15) is 35.8 Å². The molecule has 4 rings (SSSR count). The van der Waals surface area contributed by atoms with Crippen molar-refractivity contribution in [2.24, 2.45) is 0 Å². The van der Waals surface area contributed by atoms with Crippen molar-refractivity contribution in [3.63, 3.8) is 0 Å². The molecule has 7 heteroatoms. The number of ether oxygens (including phenoxy) is 1. The fraction of sp³-hybridized carbons (Fsp3) is 0.0909. The number of rotatable bonds is 1. The Morgan fingerprint density at radius 3 is 2.14 bits per heavy atom. The summed E-state index contributed by atoms with van der Waals surface area (Å²) in [5.74, 6) is 4.34. The highest BCUT2D eigenvalue weighted by Gasteiger charge is 2.24. The summed E-state index contributed by atoms with van der Waals surface area (Å²) in [5.41, 5.74) is 1.82. The highest BCUT2D eigenvalue weighted by atomic mass is 19.1. The second-order valence-electron chi connectivity index (χ2n) is 5.94. The van der Waals surface area contributed by atoms with Crippen molar-refractivity contribution >= 4 is 6.09 Å². The molecule has 29 heavy (non-hydrogen) atoms. The van der Waals surface area contributed by atoms with Crippen LogP contribution in [0.3, 0.4) is 0 Å². The van der Waals surface area contributed by atoms with Crippen molar-refractivity contribution in [2.75, 3.05) is 6.61 Å². The van der Waals surface area contributed by atoms with E-state index < -0.39 is 17.7 Å². The van der Waals surface area contributed by atoms with Crippen molar-refractivity contribution in [1.29, 1.82) is 0 Å². The van der Waals surface area contributed by atoms with E-state index in [4.69, 9.17) is 4.74 Å². The molecule has 1 N–H and O–H groups in total. The summed E-state index contributed by atoms with van der Waals surface area (Å²) in [5, 5.41) is 2.66. The maximum Gasteiger partial charge on any atom is 0.407 e. The molecule has 0 spiro atoms. The average molecular weight is 396 g/mol. The molecule has 1 amide bonds. The van der Waals surface area contributed by atoms with E-state index in [2.05, 4.69) is 22.1 Å². The summed E-state index contributed by atoms with van der Waals surface area (Å²) in [6, 6.07) is 15.7. The topological polar surface area (TPSA) is 51.2 Å². The molecule has 1 saturated heterocycles. The van der Waals surface area contributed by atoms with Crippen LogP contribution in [0.5, 0.6) is 0 Å². The zero-order chi connectivity index (χ0) is 20.6. The molecule has 1 unspecified atom stereocenters. The third-order valence-electron chi connectivity index (χ3n) is 3.75. The number of carbonyl (C=O) groups excluding carboxylic acids is 1. The number of carbonyl (C=O) groups is 1. The summed E-state index contributed by atoms with van der Waals surface area (Å²) < 4.78 is 41.8. The fourth-order valence-corrected chi connectivity index (χ4v) is 2.42. The van der Waals surface area contributed by atoms with Crippen molar-refractivity contribution in [2.45, 2.75) is 6.04 Å². The molecule has 4 nitrogen and oxygen atoms in total. The number of hydrogen-bond acceptors (Lipinski definition) is 3. The zero-order valence-corrected chi connectivity index (χ0v) is 15.0. The standard InChI is InChI=1S/C16H11FN2O2.C6H4F2/c17-12-4-1-3-11(9-12)7-8-13-5-2-6-14(18-13)15-10-21-16(20)19-15;7-5-2-1-3-6(8)4-5/h1-6,9,15H,10H2,(H,19,20);1-4H. The summed E-state index contributed by atoms with van der Waals surface area (Å²) in [4.78, 5) is 15.4. The molecular weight excluding hydrogens is 381 g/mol. The predicted octanol–water partition coefficient (Wildman–Crippen LogP) is 4.37. The molecule has 2 heterocycles. The number of aromatic nitrogens is 1. The van der Waals surface area contributed by atoms with Crippen molar-refractivity contribution in [3.8, 4) is 11.8 Å². The van der Waals surface area contributed by atoms with Crippen LogP contribution < -0.4 is 5.32 Å². The molecule has 1 aliphatic rings. The van der Waals surface area contributed by atoms with E-state index in [1.54, 1.807) is 24.3 Å². The van der Waals surface area contributed by atoms with Gasteiger partial charge in [0, 0.05) is 11.6 Å². The maximum atomic E-state index is 13.1. The Morgan fingerprint density at radius 2 is 1.55 bits per heavy atom. The van der Waals surface area contributed by atoms with Crippen LogP contribution in [0.25, 0.3) is 0 Å². The molecule has 0 aliphatic carbocycles. The van der Waals surface area contributed by atoms with Gasteiger partial charge in [0.05, 0.1) is 5.69 Å². The van der Waals surface area contributed by atoms with Crippen LogP contribution >= 0.6 is 0 Å². The van der Waals surface area contributed by atoms with Crippen molar-refractivity contribution in [3.05, 3.63) is 101 Å². The lowest BCUT2D eigenvalue weighted by Crippen LogP contribution is -2.19. The zero-order valence-electron chi connectivity index (χ0n) is 15.0. The van der Waals surface area contributed by atoms with Gasteiger partial charge >= 0.3 is 6.09 Å². The van der Waals surface area contributed by atoms with Gasteiger partial charge in [0.15, 0.2) is 0 Å². The number of cyclic esters (lactones) is 1. The summed E-state index contributed by atoms with van der Waals surface area (Å²) in [6.07, 6.45) is -0.446. The number of amides is 1. The van der Waals surface area contributed by atoms with E-state index in [-0.39, 0.29) is 18.5 Å². The molecule has 3 aromatic rings. The van der Waals surface area contributed by atoms with E-state index in [0.29, 0.717) is 17.0 Å². The molecular formula is C22H15F3N2O2. The van der Waals surface area contributed by atoms with Gasteiger partial charge in [-0.2, -0.15) is 0 Å². The van der Waals surface area contributed by atoms with Gasteiger partial charge in [0.2, 0.25) is 0 Å². The molecule has 0 bridgehead atoms. The first-order chi connectivity index (χ1) is 14.0. The number of nitrogens with zero attached hydrogens (tertiary/aromatic N) is 1. The van der Waals surface area contributed by atoms with Gasteiger partial charge < -0.3 is 10.1 Å². The van der Waals surface area contributed by atoms with Crippen LogP contribution in [0.1, 0.15) is 23.0 Å². The van der Waals surface area contributed by atoms with Crippen molar-refractivity contribution in [1.82, 2.24) is 10.3 Å². The number of pyridine rings is 1. The lowest BCUT2D eigenvalue weighted by atomic mass is 10.2. The Balaban J connectivity index is 0.000000252. The van der Waals surface area contributed by atoms with Crippen LogP contribution in [0.15, 0.2) is 66.7 Å². The summed E-state index contributed by atoms with van der Waals surface area (Å²) in [7, 11) is 0. The number of hydrogen-bond donors (Lipinski definition) is 1. The Morgan fingerprint density at radius 1 is 0.897 bits per heavy atom. The summed E-state index contributed by atoms with van der Waals surface area (Å²) >= 11 is 0. The molecule has 2 aromatic carbocycles. The Kier molecular flexibility index (Phi) is 6.48. The fourth-order valence-electron chi connectivity index (χ4n) is 2.42. The molecule has 0 radical (unpaired) electrons. The SMILES string of the molecule is Fc1cccc(F)c1.O=C1NC(c2cccc(C#Cc3cccc(F)c3)n2)CO1. The predicted molar refractivity (Wildman–Crippen MR) is 100 cm³/mol. The van der Waals surface area contributed by atoms with E-state index in [1.807, 2.05) is 6.07 Å². The second-order valence-corrected chi connectivity index (χ2v) is 5.94. The minimum atomic E-state index is -0.537. The van der Waals surface area contributed by atoms with Gasteiger partial charge in [-0.3, -0.25) is 0 Å². The maximum absolute atomic E-state index is 13.1. The Hall–Kier alpha value is -3.79. The van der Waals surface area contributed by atoms with E-state index in [0.717, 1.165) is 6.07 Å². The highest BCUT2D eigenvalue weighted by molar-refractivity contribution is 5.69. The molecule has 1 aliphatic heterocycles. The Bertz CT molecular complexity index is 1060. The van der Waals surface area contributed by atoms with Crippen LogP contribution in [-0.2, 0) is 4.74 Å². The minimum Gasteiger partial charge on any atom is -0.447 e. The number of alkyl carbamates (subject to hydrolysis) is 1. The normalized spacial score (nSPS) is 14.6. The molecule has 0 saturated carbocycles. The third kappa shape index (κ3) is 6.11. The highest BCUT2D eigenvalue weighted by Crippen LogP contribution is 2.16. The van der Waals surface area contributed by atoms with E-state index in [1.165, 1.54) is 30.3 Å². The van der Waals surface area contributed by atoms with Crippen LogP contribution in [0, 0.1) is 29.3 Å². The number of halogens is 3. The first-order valence-corrected chi connectivity index (χ1v) is 8.58. The molecule has 1 aromatic heterocycles. The molecule has 1 fully saturated rings.